The van der Waals surface area contributed by atoms with Crippen LogP contribution in [-0.4, -0.2) is 17.2 Å². The molecule has 5 nitrogen and oxygen atoms in total. The Kier molecular flexibility index (Phi) is 6.22. The molecule has 3 aromatic carbocycles. The minimum Gasteiger partial charge on any atom is -0.508 e. The van der Waals surface area contributed by atoms with E-state index in [-0.39, 0.29) is 11.7 Å². The number of aromatic hydroxyl groups is 1. The summed E-state index contributed by atoms with van der Waals surface area (Å²) in [6.45, 7) is 0.429. The number of phenolic OH excluding ortho intramolecular Hbond substituents is 1. The Labute approximate surface area is 165 Å². The van der Waals surface area contributed by atoms with Crippen molar-refractivity contribution in [3.05, 3.63) is 94.0 Å². The van der Waals surface area contributed by atoms with Gasteiger partial charge in [-0.1, -0.05) is 40.2 Å². The predicted molar refractivity (Wildman–Crippen MR) is 108 cm³/mol. The van der Waals surface area contributed by atoms with Gasteiger partial charge in [0, 0.05) is 15.6 Å². The molecule has 0 aliphatic rings. The van der Waals surface area contributed by atoms with Gasteiger partial charge in [-0.15, -0.1) is 0 Å². The summed E-state index contributed by atoms with van der Waals surface area (Å²) in [5.41, 5.74) is 4.67. The van der Waals surface area contributed by atoms with E-state index in [2.05, 4.69) is 26.5 Å². The molecule has 0 unspecified atom stereocenters. The van der Waals surface area contributed by atoms with E-state index in [9.17, 15) is 9.90 Å². The van der Waals surface area contributed by atoms with Gasteiger partial charge in [0.15, 0.2) is 0 Å². The smallest absolute Gasteiger partial charge is 0.271 e. The molecular formula is C21H17BrN2O3. The standard InChI is InChI=1S/C21H17BrN2O3/c22-18-9-5-15(6-10-18)14-27-20-4-2-1-3-17(20)13-23-24-21(26)16-7-11-19(25)12-8-16/h1-13,25H,14H2,(H,24,26)/b23-13+. The first-order valence-electron chi connectivity index (χ1n) is 8.20. The number of carbonyl (C=O) groups excluding carboxylic acids is 1. The van der Waals surface area contributed by atoms with Gasteiger partial charge in [0.2, 0.25) is 0 Å². The minimum atomic E-state index is -0.362. The van der Waals surface area contributed by atoms with E-state index >= 15 is 0 Å². The monoisotopic (exact) mass is 424 g/mol. The van der Waals surface area contributed by atoms with Crippen molar-refractivity contribution in [3.63, 3.8) is 0 Å². The van der Waals surface area contributed by atoms with Crippen molar-refractivity contribution in [1.29, 1.82) is 0 Å². The Morgan fingerprint density at radius 1 is 1.04 bits per heavy atom. The molecule has 3 rings (SSSR count). The highest BCUT2D eigenvalue weighted by molar-refractivity contribution is 9.10. The highest BCUT2D eigenvalue weighted by Gasteiger charge is 2.05. The van der Waals surface area contributed by atoms with Gasteiger partial charge in [0.05, 0.1) is 6.21 Å². The zero-order chi connectivity index (χ0) is 19.1. The summed E-state index contributed by atoms with van der Waals surface area (Å²) >= 11 is 3.41. The lowest BCUT2D eigenvalue weighted by Gasteiger charge is -2.09. The van der Waals surface area contributed by atoms with Crippen molar-refractivity contribution in [2.24, 2.45) is 5.10 Å². The van der Waals surface area contributed by atoms with Gasteiger partial charge in [-0.25, -0.2) is 5.43 Å². The van der Waals surface area contributed by atoms with Crippen LogP contribution >= 0.6 is 15.9 Å². The normalized spacial score (nSPS) is 10.7. The van der Waals surface area contributed by atoms with Gasteiger partial charge in [-0.05, 0) is 54.1 Å². The first-order chi connectivity index (χ1) is 13.1. The van der Waals surface area contributed by atoms with Gasteiger partial charge >= 0.3 is 0 Å². The Morgan fingerprint density at radius 2 is 1.74 bits per heavy atom. The number of nitrogens with one attached hydrogen (secondary N) is 1. The molecule has 27 heavy (non-hydrogen) atoms. The molecule has 0 aromatic heterocycles. The summed E-state index contributed by atoms with van der Waals surface area (Å²) < 4.78 is 6.89. The van der Waals surface area contributed by atoms with E-state index in [1.807, 2.05) is 48.5 Å². The quantitative estimate of drug-likeness (QED) is 0.452. The maximum absolute atomic E-state index is 12.0. The number of benzene rings is 3. The number of nitrogens with zero attached hydrogens (tertiary/aromatic N) is 1. The molecule has 0 aliphatic heterocycles. The summed E-state index contributed by atoms with van der Waals surface area (Å²) in [4.78, 5) is 12.0. The summed E-state index contributed by atoms with van der Waals surface area (Å²) in [6.07, 6.45) is 1.54. The molecule has 0 aliphatic carbocycles. The lowest BCUT2D eigenvalue weighted by atomic mass is 10.2. The van der Waals surface area contributed by atoms with Gasteiger partial charge in [-0.3, -0.25) is 4.79 Å². The third-order valence-corrected chi connectivity index (χ3v) is 4.25. The highest BCUT2D eigenvalue weighted by Crippen LogP contribution is 2.18. The summed E-state index contributed by atoms with van der Waals surface area (Å²) in [6, 6.07) is 21.3. The molecule has 0 heterocycles. The van der Waals surface area contributed by atoms with Crippen molar-refractivity contribution in [2.45, 2.75) is 6.61 Å². The Bertz CT molecular complexity index is 938. The molecule has 6 heteroatoms. The molecular weight excluding hydrogens is 408 g/mol. The molecule has 0 fully saturated rings. The third kappa shape index (κ3) is 5.43. The third-order valence-electron chi connectivity index (χ3n) is 3.73. The van der Waals surface area contributed by atoms with Crippen LogP contribution in [0.3, 0.4) is 0 Å². The molecule has 1 amide bonds. The molecule has 0 atom stereocenters. The molecule has 2 N–H and O–H groups in total. The van der Waals surface area contributed by atoms with Gasteiger partial charge in [0.25, 0.3) is 5.91 Å². The zero-order valence-corrected chi connectivity index (χ0v) is 15.9. The number of para-hydroxylation sites is 1. The fourth-order valence-corrected chi connectivity index (χ4v) is 2.56. The fraction of sp³-hybridized carbons (Fsp3) is 0.0476. The van der Waals surface area contributed by atoms with Crippen LogP contribution in [0, 0.1) is 0 Å². The van der Waals surface area contributed by atoms with Crippen LogP contribution in [0.5, 0.6) is 11.5 Å². The van der Waals surface area contributed by atoms with Crippen molar-refractivity contribution < 1.29 is 14.6 Å². The number of hydrazone groups is 1. The van der Waals surface area contributed by atoms with E-state index in [0.29, 0.717) is 17.9 Å². The van der Waals surface area contributed by atoms with Crippen molar-refractivity contribution in [1.82, 2.24) is 5.43 Å². The van der Waals surface area contributed by atoms with Crippen LogP contribution in [0.25, 0.3) is 0 Å². The lowest BCUT2D eigenvalue weighted by molar-refractivity contribution is 0.0955. The van der Waals surface area contributed by atoms with Gasteiger partial charge in [-0.2, -0.15) is 5.10 Å². The minimum absolute atomic E-state index is 0.104. The van der Waals surface area contributed by atoms with Gasteiger partial charge < -0.3 is 9.84 Å². The summed E-state index contributed by atoms with van der Waals surface area (Å²) in [7, 11) is 0. The van der Waals surface area contributed by atoms with Crippen LogP contribution in [0.1, 0.15) is 21.5 Å². The molecule has 0 spiro atoms. The molecule has 3 aromatic rings. The highest BCUT2D eigenvalue weighted by atomic mass is 79.9. The number of ether oxygens (including phenoxy) is 1. The zero-order valence-electron chi connectivity index (χ0n) is 14.3. The van der Waals surface area contributed by atoms with Crippen LogP contribution < -0.4 is 10.2 Å². The van der Waals surface area contributed by atoms with Crippen molar-refractivity contribution in [3.8, 4) is 11.5 Å². The van der Waals surface area contributed by atoms with Crippen molar-refractivity contribution in [2.75, 3.05) is 0 Å². The average Bonchev–Trinajstić information content (AvgIpc) is 2.69. The van der Waals surface area contributed by atoms with Crippen LogP contribution in [0.15, 0.2) is 82.4 Å². The average molecular weight is 425 g/mol. The number of hydrogen-bond donors (Lipinski definition) is 2. The number of phenols is 1. The maximum atomic E-state index is 12.0. The first kappa shape index (κ1) is 18.7. The molecule has 0 saturated heterocycles. The lowest BCUT2D eigenvalue weighted by Crippen LogP contribution is -2.17. The number of carbonyl (C=O) groups is 1. The Balaban J connectivity index is 1.62. The Hall–Kier alpha value is -3.12. The van der Waals surface area contributed by atoms with E-state index in [4.69, 9.17) is 4.74 Å². The predicted octanol–water partition coefficient (Wildman–Crippen LogP) is 4.50. The summed E-state index contributed by atoms with van der Waals surface area (Å²) in [5.74, 6) is 0.412. The maximum Gasteiger partial charge on any atom is 0.271 e. The fourth-order valence-electron chi connectivity index (χ4n) is 2.30. The molecule has 0 radical (unpaired) electrons. The molecule has 0 saturated carbocycles. The van der Waals surface area contributed by atoms with E-state index in [0.717, 1.165) is 15.6 Å². The van der Waals surface area contributed by atoms with Crippen molar-refractivity contribution >= 4 is 28.1 Å². The second-order valence-electron chi connectivity index (χ2n) is 5.70. The van der Waals surface area contributed by atoms with Crippen LogP contribution in [0.4, 0.5) is 0 Å². The SMILES string of the molecule is O=C(N/N=C/c1ccccc1OCc1ccc(Br)cc1)c1ccc(O)cc1. The number of hydrogen-bond acceptors (Lipinski definition) is 4. The molecule has 0 bridgehead atoms. The second-order valence-corrected chi connectivity index (χ2v) is 6.61. The van der Waals surface area contributed by atoms with Crippen LogP contribution in [0.2, 0.25) is 0 Å². The number of halogens is 1. The van der Waals surface area contributed by atoms with E-state index in [1.165, 1.54) is 30.5 Å². The largest absolute Gasteiger partial charge is 0.508 e. The van der Waals surface area contributed by atoms with E-state index in [1.54, 1.807) is 0 Å². The topological polar surface area (TPSA) is 70.9 Å². The number of amides is 1. The first-order valence-corrected chi connectivity index (χ1v) is 9.00. The van der Waals surface area contributed by atoms with Gasteiger partial charge in [0.1, 0.15) is 18.1 Å². The molecule has 136 valence electrons. The van der Waals surface area contributed by atoms with E-state index < -0.39 is 0 Å². The number of rotatable bonds is 6. The Morgan fingerprint density at radius 3 is 2.48 bits per heavy atom. The second kappa shape index (κ2) is 9.00. The summed E-state index contributed by atoms with van der Waals surface area (Å²) in [5, 5.41) is 13.3. The van der Waals surface area contributed by atoms with Crippen LogP contribution in [-0.2, 0) is 6.61 Å².